The van der Waals surface area contributed by atoms with Gasteiger partial charge in [0.1, 0.15) is 24.1 Å². The van der Waals surface area contributed by atoms with Crippen molar-refractivity contribution in [3.05, 3.63) is 42.0 Å². The number of likely N-dealkylation sites (tertiary alicyclic amines) is 1. The molecule has 1 fully saturated rings. The highest BCUT2D eigenvalue weighted by molar-refractivity contribution is 5.68. The number of amides is 1. The summed E-state index contributed by atoms with van der Waals surface area (Å²) >= 11 is 0. The Morgan fingerprint density at radius 2 is 2.06 bits per heavy atom. The third kappa shape index (κ3) is 6.47. The van der Waals surface area contributed by atoms with Gasteiger partial charge in [-0.1, -0.05) is 0 Å². The third-order valence-electron chi connectivity index (χ3n) is 4.54. The van der Waals surface area contributed by atoms with Crippen molar-refractivity contribution in [2.45, 2.75) is 64.9 Å². The summed E-state index contributed by atoms with van der Waals surface area (Å²) in [7, 11) is 0. The second-order valence-corrected chi connectivity index (χ2v) is 8.33. The Kier molecular flexibility index (Phi) is 6.87. The number of nitrogens with zero attached hydrogens (tertiary/aromatic N) is 4. The van der Waals surface area contributed by atoms with Gasteiger partial charge in [0.2, 0.25) is 5.88 Å². The molecule has 0 N–H and O–H groups in total. The summed E-state index contributed by atoms with van der Waals surface area (Å²) in [4.78, 5) is 25.9. The summed E-state index contributed by atoms with van der Waals surface area (Å²) in [6.07, 6.45) is 3.16. The van der Waals surface area contributed by atoms with Crippen LogP contribution < -0.4 is 9.47 Å². The number of pyridine rings is 1. The van der Waals surface area contributed by atoms with E-state index in [2.05, 4.69) is 15.0 Å². The minimum atomic E-state index is -0.905. The van der Waals surface area contributed by atoms with E-state index in [0.717, 1.165) is 6.20 Å². The van der Waals surface area contributed by atoms with Crippen molar-refractivity contribution >= 4 is 6.09 Å². The highest BCUT2D eigenvalue weighted by Gasteiger charge is 2.32. The monoisotopic (exact) mass is 436 g/mol. The minimum absolute atomic E-state index is 0.0502. The molecule has 0 aliphatic carbocycles. The molecule has 1 aliphatic heterocycles. The van der Waals surface area contributed by atoms with Gasteiger partial charge in [-0.15, -0.1) is 0 Å². The number of ether oxygens (including phenoxy) is 3. The minimum Gasteiger partial charge on any atom is -0.474 e. The molecule has 0 unspecified atom stereocenters. The first-order chi connectivity index (χ1) is 14.6. The lowest BCUT2D eigenvalue weighted by Crippen LogP contribution is -2.49. The fourth-order valence-corrected chi connectivity index (χ4v) is 3.16. The zero-order valence-electron chi connectivity index (χ0n) is 18.0. The van der Waals surface area contributed by atoms with E-state index in [1.165, 1.54) is 6.20 Å². The Labute approximate surface area is 179 Å². The van der Waals surface area contributed by atoms with Crippen LogP contribution in [0.2, 0.25) is 0 Å². The molecule has 0 spiro atoms. The predicted molar refractivity (Wildman–Crippen MR) is 107 cm³/mol. The smallest absolute Gasteiger partial charge is 0.410 e. The van der Waals surface area contributed by atoms with Crippen molar-refractivity contribution < 1.29 is 27.8 Å². The lowest BCUT2D eigenvalue weighted by molar-refractivity contribution is -0.00156. The number of aromatic nitrogens is 3. The molecule has 8 nitrogen and oxygen atoms in total. The van der Waals surface area contributed by atoms with E-state index in [1.54, 1.807) is 11.0 Å². The first-order valence-corrected chi connectivity index (χ1v) is 10.0. The van der Waals surface area contributed by atoms with Gasteiger partial charge in [-0.3, -0.25) is 0 Å². The lowest BCUT2D eigenvalue weighted by atomic mass is 10.0. The molecule has 0 aromatic carbocycles. The van der Waals surface area contributed by atoms with Crippen molar-refractivity contribution in [1.82, 2.24) is 19.9 Å². The van der Waals surface area contributed by atoms with Gasteiger partial charge in [-0.25, -0.2) is 23.5 Å². The van der Waals surface area contributed by atoms with Gasteiger partial charge in [0.05, 0.1) is 6.20 Å². The van der Waals surface area contributed by atoms with Crippen molar-refractivity contribution in [3.8, 4) is 11.8 Å². The first-order valence-electron chi connectivity index (χ1n) is 10.0. The molecule has 0 bridgehead atoms. The molecule has 10 heteroatoms. The van der Waals surface area contributed by atoms with Crippen molar-refractivity contribution in [1.29, 1.82) is 0 Å². The molecule has 0 radical (unpaired) electrons. The van der Waals surface area contributed by atoms with Crippen LogP contribution in [0.15, 0.2) is 24.5 Å². The average Bonchev–Trinajstić information content (AvgIpc) is 2.66. The van der Waals surface area contributed by atoms with E-state index in [9.17, 15) is 13.6 Å². The molecule has 1 aliphatic rings. The predicted octanol–water partition coefficient (Wildman–Crippen LogP) is 3.90. The number of piperidine rings is 1. The molecule has 31 heavy (non-hydrogen) atoms. The summed E-state index contributed by atoms with van der Waals surface area (Å²) in [6.45, 7) is 7.81. The summed E-state index contributed by atoms with van der Waals surface area (Å²) in [6, 6.07) is 2.25. The van der Waals surface area contributed by atoms with Crippen LogP contribution in [0.25, 0.3) is 0 Å². The number of hydrogen-bond acceptors (Lipinski definition) is 7. The molecule has 1 amide bonds. The molecule has 3 rings (SSSR count). The summed E-state index contributed by atoms with van der Waals surface area (Å²) in [5.41, 5.74) is -0.546. The van der Waals surface area contributed by atoms with Gasteiger partial charge in [-0.2, -0.15) is 4.98 Å². The molecule has 3 heterocycles. The fraction of sp³-hybridized carbons (Fsp3) is 0.524. The van der Waals surface area contributed by atoms with Crippen LogP contribution in [0.5, 0.6) is 11.8 Å². The van der Waals surface area contributed by atoms with Crippen LogP contribution in [0.3, 0.4) is 0 Å². The Morgan fingerprint density at radius 3 is 2.74 bits per heavy atom. The first kappa shape index (κ1) is 22.6. The maximum Gasteiger partial charge on any atom is 0.410 e. The van der Waals surface area contributed by atoms with Crippen LogP contribution in [0, 0.1) is 11.6 Å². The highest BCUT2D eigenvalue weighted by atomic mass is 19.1. The molecular formula is C21H26F2N4O4. The van der Waals surface area contributed by atoms with E-state index in [-0.39, 0.29) is 36.6 Å². The maximum absolute atomic E-state index is 13.6. The molecule has 1 saturated heterocycles. The second kappa shape index (κ2) is 9.40. The van der Waals surface area contributed by atoms with Crippen LogP contribution in [0.4, 0.5) is 13.6 Å². The van der Waals surface area contributed by atoms with Gasteiger partial charge in [-0.05, 0) is 27.7 Å². The van der Waals surface area contributed by atoms with Crippen molar-refractivity contribution in [2.24, 2.45) is 0 Å². The quantitative estimate of drug-likeness (QED) is 0.703. The van der Waals surface area contributed by atoms with Crippen LogP contribution in [0.1, 0.15) is 46.4 Å². The third-order valence-corrected chi connectivity index (χ3v) is 4.54. The van der Waals surface area contributed by atoms with E-state index >= 15 is 0 Å². The van der Waals surface area contributed by atoms with E-state index in [0.29, 0.717) is 31.3 Å². The Morgan fingerprint density at radius 1 is 1.29 bits per heavy atom. The Bertz CT molecular complexity index is 922. The Balaban J connectivity index is 1.55. The standard InChI is InChI=1S/C21H26F2N4O4/c1-13-9-15(6-8-27(13)20(28)31-21(2,3)4)30-18-5-7-24-17(26-18)12-29-19-16(23)10-14(22)11-25-19/h5,7,10-11,13,15H,6,8-9,12H2,1-4H3/t13-,15-/m0/s1. The molecule has 168 valence electrons. The zero-order chi connectivity index (χ0) is 22.6. The van der Waals surface area contributed by atoms with Crippen LogP contribution >= 0.6 is 0 Å². The highest BCUT2D eigenvalue weighted by Crippen LogP contribution is 2.24. The number of hydrogen-bond donors (Lipinski definition) is 0. The molecule has 0 saturated carbocycles. The van der Waals surface area contributed by atoms with Gasteiger partial charge in [0.25, 0.3) is 5.88 Å². The summed E-state index contributed by atoms with van der Waals surface area (Å²) in [5.74, 6) is -1.41. The topological polar surface area (TPSA) is 86.7 Å². The van der Waals surface area contributed by atoms with E-state index < -0.39 is 17.2 Å². The van der Waals surface area contributed by atoms with Crippen molar-refractivity contribution in [2.75, 3.05) is 6.54 Å². The van der Waals surface area contributed by atoms with Gasteiger partial charge in [0, 0.05) is 43.8 Å². The van der Waals surface area contributed by atoms with Gasteiger partial charge in [0.15, 0.2) is 11.6 Å². The normalized spacial score (nSPS) is 19.1. The molecular weight excluding hydrogens is 410 g/mol. The number of carbonyl (C=O) groups is 1. The SMILES string of the molecule is C[C@H]1C[C@@H](Oc2ccnc(COc3ncc(F)cc3F)n2)CCN1C(=O)OC(C)(C)C. The molecule has 2 aromatic rings. The second-order valence-electron chi connectivity index (χ2n) is 8.33. The zero-order valence-corrected chi connectivity index (χ0v) is 18.0. The number of rotatable bonds is 5. The number of halogens is 2. The fourth-order valence-electron chi connectivity index (χ4n) is 3.16. The van der Waals surface area contributed by atoms with Gasteiger partial charge < -0.3 is 19.1 Å². The summed E-state index contributed by atoms with van der Waals surface area (Å²) in [5, 5.41) is 0. The Hall–Kier alpha value is -3.04. The van der Waals surface area contributed by atoms with E-state index in [4.69, 9.17) is 14.2 Å². The number of carbonyl (C=O) groups excluding carboxylic acids is 1. The molecule has 2 aromatic heterocycles. The average molecular weight is 436 g/mol. The summed E-state index contributed by atoms with van der Waals surface area (Å²) < 4.78 is 43.2. The largest absolute Gasteiger partial charge is 0.474 e. The van der Waals surface area contributed by atoms with Crippen LogP contribution in [-0.2, 0) is 11.3 Å². The van der Waals surface area contributed by atoms with Gasteiger partial charge >= 0.3 is 6.09 Å². The van der Waals surface area contributed by atoms with Crippen molar-refractivity contribution in [3.63, 3.8) is 0 Å². The lowest BCUT2D eigenvalue weighted by Gasteiger charge is -2.38. The maximum atomic E-state index is 13.6. The van der Waals surface area contributed by atoms with Crippen LogP contribution in [-0.4, -0.2) is 50.2 Å². The van der Waals surface area contributed by atoms with E-state index in [1.807, 2.05) is 27.7 Å². The molecule has 2 atom stereocenters.